The van der Waals surface area contributed by atoms with Gasteiger partial charge in [-0.05, 0) is 54.2 Å². The van der Waals surface area contributed by atoms with Gasteiger partial charge in [-0.1, -0.05) is 13.8 Å². The van der Waals surface area contributed by atoms with E-state index in [1.807, 2.05) is 35.0 Å². The van der Waals surface area contributed by atoms with Gasteiger partial charge in [-0.15, -0.1) is 0 Å². The molecule has 0 bridgehead atoms. The molecule has 5 aromatic heterocycles. The summed E-state index contributed by atoms with van der Waals surface area (Å²) in [5, 5.41) is 18.3. The maximum absolute atomic E-state index is 13.8. The Morgan fingerprint density at radius 3 is 2.52 bits per heavy atom. The third-order valence-corrected chi connectivity index (χ3v) is 9.93. The van der Waals surface area contributed by atoms with Crippen molar-refractivity contribution in [2.24, 2.45) is 12.5 Å². The topological polar surface area (TPSA) is 135 Å². The van der Waals surface area contributed by atoms with Crippen molar-refractivity contribution in [3.63, 3.8) is 0 Å². The average molecular weight is 650 g/mol. The van der Waals surface area contributed by atoms with Gasteiger partial charge in [0.2, 0.25) is 0 Å². The molecule has 8 rings (SSSR count). The Kier molecular flexibility index (Phi) is 7.42. The average Bonchev–Trinajstić information content (AvgIpc) is 3.55. The van der Waals surface area contributed by atoms with E-state index in [0.29, 0.717) is 40.0 Å². The molecule has 2 N–H and O–H groups in total. The zero-order valence-electron chi connectivity index (χ0n) is 27.4. The summed E-state index contributed by atoms with van der Waals surface area (Å²) >= 11 is 0. The van der Waals surface area contributed by atoms with Gasteiger partial charge < -0.3 is 24.5 Å². The van der Waals surface area contributed by atoms with Gasteiger partial charge in [-0.25, -0.2) is 14.6 Å². The van der Waals surface area contributed by atoms with Crippen LogP contribution in [0.3, 0.4) is 0 Å². The molecule has 248 valence electrons. The van der Waals surface area contributed by atoms with E-state index < -0.39 is 0 Å². The number of aliphatic hydroxyl groups is 1. The van der Waals surface area contributed by atoms with Crippen molar-refractivity contribution >= 4 is 22.7 Å². The lowest BCUT2D eigenvalue weighted by atomic mass is 9.90. The van der Waals surface area contributed by atoms with Crippen LogP contribution in [0.1, 0.15) is 30.7 Å². The summed E-state index contributed by atoms with van der Waals surface area (Å²) in [4.78, 5) is 40.9. The number of nitrogens with zero attached hydrogens (tertiary/aromatic N) is 8. The van der Waals surface area contributed by atoms with Crippen LogP contribution in [0.4, 0.5) is 17.2 Å². The first-order valence-corrected chi connectivity index (χ1v) is 16.4. The molecule has 0 amide bonds. The first-order chi connectivity index (χ1) is 23.2. The Bertz CT molecular complexity index is 2140. The summed E-state index contributed by atoms with van der Waals surface area (Å²) in [6, 6.07) is 9.77. The summed E-state index contributed by atoms with van der Waals surface area (Å²) in [6.45, 7) is 9.57. The van der Waals surface area contributed by atoms with Crippen molar-refractivity contribution in [3.05, 3.63) is 92.6 Å². The van der Waals surface area contributed by atoms with E-state index in [-0.39, 0.29) is 28.8 Å². The maximum Gasteiger partial charge on any atom is 0.290 e. The van der Waals surface area contributed by atoms with E-state index in [1.165, 1.54) is 20.5 Å². The summed E-state index contributed by atoms with van der Waals surface area (Å²) in [5.74, 6) is 0.840. The predicted molar refractivity (Wildman–Crippen MR) is 182 cm³/mol. The molecule has 48 heavy (non-hydrogen) atoms. The number of ether oxygens (including phenoxy) is 1. The Labute approximate surface area is 277 Å². The molecule has 5 aromatic rings. The number of anilines is 3. The van der Waals surface area contributed by atoms with Crippen molar-refractivity contribution in [1.29, 1.82) is 0 Å². The van der Waals surface area contributed by atoms with Crippen LogP contribution in [0.15, 0.2) is 64.7 Å². The molecule has 0 atom stereocenters. The van der Waals surface area contributed by atoms with Crippen LogP contribution in [0.5, 0.6) is 0 Å². The lowest BCUT2D eigenvalue weighted by Gasteiger charge is -2.43. The van der Waals surface area contributed by atoms with E-state index in [4.69, 9.17) is 4.74 Å². The molecule has 7 heterocycles. The number of aliphatic hydroxyl groups excluding tert-OH is 1. The van der Waals surface area contributed by atoms with Gasteiger partial charge in [-0.3, -0.25) is 19.1 Å². The number of nitrogens with one attached hydrogen (secondary N) is 1. The van der Waals surface area contributed by atoms with E-state index in [9.17, 15) is 14.7 Å². The number of pyridine rings is 2. The fraction of sp³-hybridized carbons (Fsp3) is 0.400. The second kappa shape index (κ2) is 11.7. The molecule has 2 fully saturated rings. The highest BCUT2D eigenvalue weighted by molar-refractivity contribution is 5.71. The monoisotopic (exact) mass is 649 g/mol. The van der Waals surface area contributed by atoms with Gasteiger partial charge in [0.25, 0.3) is 11.1 Å². The highest BCUT2D eigenvalue weighted by Crippen LogP contribution is 2.37. The first kappa shape index (κ1) is 30.5. The summed E-state index contributed by atoms with van der Waals surface area (Å²) in [7, 11) is 1.58. The number of rotatable bonds is 7. The quantitative estimate of drug-likeness (QED) is 0.271. The zero-order chi connectivity index (χ0) is 33.2. The Hall–Kier alpha value is -4.85. The number of hydrogen-bond acceptors (Lipinski definition) is 10. The second-order valence-corrected chi connectivity index (χ2v) is 13.8. The fourth-order valence-electron chi connectivity index (χ4n) is 7.31. The van der Waals surface area contributed by atoms with E-state index in [1.54, 1.807) is 31.6 Å². The molecule has 2 aliphatic heterocycles. The van der Waals surface area contributed by atoms with Gasteiger partial charge in [0.15, 0.2) is 0 Å². The molecule has 13 nitrogen and oxygen atoms in total. The molecule has 13 heteroatoms. The molecule has 0 spiro atoms. The minimum atomic E-state index is -0.388. The maximum atomic E-state index is 13.8. The third kappa shape index (κ3) is 5.27. The number of piperazine rings is 1. The van der Waals surface area contributed by atoms with E-state index in [0.717, 1.165) is 57.9 Å². The lowest BCUT2D eigenvalue weighted by molar-refractivity contribution is -0.0660. The third-order valence-electron chi connectivity index (χ3n) is 9.93. The van der Waals surface area contributed by atoms with Gasteiger partial charge in [-0.2, -0.15) is 5.10 Å². The van der Waals surface area contributed by atoms with Gasteiger partial charge in [0.1, 0.15) is 22.8 Å². The Morgan fingerprint density at radius 2 is 1.81 bits per heavy atom. The van der Waals surface area contributed by atoms with Crippen LogP contribution in [0.25, 0.3) is 22.6 Å². The second-order valence-electron chi connectivity index (χ2n) is 13.8. The van der Waals surface area contributed by atoms with Gasteiger partial charge in [0, 0.05) is 68.6 Å². The van der Waals surface area contributed by atoms with Crippen molar-refractivity contribution < 1.29 is 9.84 Å². The molecule has 1 aliphatic carbocycles. The van der Waals surface area contributed by atoms with Crippen LogP contribution < -0.4 is 21.3 Å². The molecule has 3 aliphatic rings. The van der Waals surface area contributed by atoms with Crippen LogP contribution in [-0.2, 0) is 31.2 Å². The van der Waals surface area contributed by atoms with Gasteiger partial charge >= 0.3 is 0 Å². The highest BCUT2D eigenvalue weighted by atomic mass is 16.5. The molecule has 0 aromatic carbocycles. The highest BCUT2D eigenvalue weighted by Gasteiger charge is 2.32. The number of hydrogen-bond donors (Lipinski definition) is 2. The fourth-order valence-corrected chi connectivity index (χ4v) is 7.31. The van der Waals surface area contributed by atoms with Gasteiger partial charge in [0.05, 0.1) is 43.4 Å². The predicted octanol–water partition coefficient (Wildman–Crippen LogP) is 2.52. The van der Waals surface area contributed by atoms with E-state index in [2.05, 4.69) is 44.0 Å². The lowest BCUT2D eigenvalue weighted by Crippen LogP contribution is -2.56. The molecular formula is C35H39N9O4. The van der Waals surface area contributed by atoms with Crippen molar-refractivity contribution in [3.8, 4) is 17.1 Å². The first-order valence-electron chi connectivity index (χ1n) is 16.4. The zero-order valence-corrected chi connectivity index (χ0v) is 27.4. The minimum absolute atomic E-state index is 0.165. The van der Waals surface area contributed by atoms with Crippen molar-refractivity contribution in [2.45, 2.75) is 39.3 Å². The van der Waals surface area contributed by atoms with Crippen LogP contribution >= 0.6 is 0 Å². The molecule has 2 saturated heterocycles. The standard InChI is InChI=1S/C35H39N9O4/c1-35(2)16-22-14-29-34(47)44(13-12-43(29)30(22)17-35)32-26(19-45)25(6-7-36-32)27-15-28(33(46)40(3)39-27)38-31-5-4-23(18-37-31)41-8-10-42(11-9-41)24-20-48-21-24/h4-7,12-15,18,24,45H,8-11,16-17,19-21H2,1-3H3,(H,37,38). The van der Waals surface area contributed by atoms with Crippen LogP contribution in [-0.4, -0.2) is 84.2 Å². The minimum Gasteiger partial charge on any atom is -0.392 e. The smallest absolute Gasteiger partial charge is 0.290 e. The summed E-state index contributed by atoms with van der Waals surface area (Å²) in [6.07, 6.45) is 8.82. The number of fused-ring (bicyclic) bond motifs is 3. The largest absolute Gasteiger partial charge is 0.392 e. The van der Waals surface area contributed by atoms with Crippen molar-refractivity contribution in [1.82, 2.24) is 33.6 Å². The molecule has 0 radical (unpaired) electrons. The Balaban J connectivity index is 1.07. The van der Waals surface area contributed by atoms with Crippen LogP contribution in [0.2, 0.25) is 0 Å². The van der Waals surface area contributed by atoms with Crippen molar-refractivity contribution in [2.75, 3.05) is 49.6 Å². The molecule has 0 unspecified atom stereocenters. The SMILES string of the molecule is Cn1nc(-c2ccnc(-n3ccn4c5c(cc4c3=O)CC(C)(C)C5)c2CO)cc(Nc2ccc(N3CCN(C4COC4)CC3)cn2)c1=O. The summed E-state index contributed by atoms with van der Waals surface area (Å²) in [5.41, 5.74) is 5.29. The Morgan fingerprint density at radius 1 is 1.00 bits per heavy atom. The molecular weight excluding hydrogens is 610 g/mol. The van der Waals surface area contributed by atoms with Crippen LogP contribution in [0, 0.1) is 5.41 Å². The number of aromatic nitrogens is 6. The van der Waals surface area contributed by atoms with E-state index >= 15 is 0 Å². The summed E-state index contributed by atoms with van der Waals surface area (Å²) < 4.78 is 10.0. The number of aryl methyl sites for hydroxylation is 1. The molecule has 0 saturated carbocycles. The normalized spacial score (nSPS) is 17.9.